The molecule has 0 bridgehead atoms. The topological polar surface area (TPSA) is 55.9 Å². The minimum atomic E-state index is -0.573. The molecule has 6 nitrogen and oxygen atoms in total. The van der Waals surface area contributed by atoms with Crippen LogP contribution in [0.1, 0.15) is 25.7 Å². The van der Waals surface area contributed by atoms with Gasteiger partial charge in [0.05, 0.1) is 0 Å². The highest BCUT2D eigenvalue weighted by atomic mass is 32.2. The van der Waals surface area contributed by atoms with E-state index in [1.807, 2.05) is 11.8 Å². The number of likely N-dealkylation sites (N-methyl/N-ethyl adjacent to an activating group) is 1. The number of amides is 3. The summed E-state index contributed by atoms with van der Waals surface area (Å²) in [6, 6.07) is 0.343. The van der Waals surface area contributed by atoms with Crippen LogP contribution in [-0.4, -0.2) is 90.0 Å². The van der Waals surface area contributed by atoms with Crippen molar-refractivity contribution in [3.63, 3.8) is 0 Å². The maximum atomic E-state index is 12.6. The van der Waals surface area contributed by atoms with Crippen molar-refractivity contribution in [2.24, 2.45) is 0 Å². The molecule has 130 valence electrons. The van der Waals surface area contributed by atoms with E-state index >= 15 is 0 Å². The van der Waals surface area contributed by atoms with E-state index in [0.717, 1.165) is 45.3 Å². The van der Waals surface area contributed by atoms with Gasteiger partial charge in [0, 0.05) is 37.5 Å². The number of likely N-dealkylation sites (tertiary alicyclic amines) is 1. The minimum absolute atomic E-state index is 0.00442. The normalized spacial score (nSPS) is 30.9. The molecular weight excluding hydrogens is 312 g/mol. The lowest BCUT2D eigenvalue weighted by molar-refractivity contribution is -0.131. The molecule has 1 saturated carbocycles. The Labute approximate surface area is 142 Å². The third-order valence-electron chi connectivity index (χ3n) is 5.62. The molecule has 3 rings (SSSR count). The molecule has 0 aromatic heterocycles. The van der Waals surface area contributed by atoms with Crippen molar-refractivity contribution in [2.45, 2.75) is 42.5 Å². The van der Waals surface area contributed by atoms with E-state index in [0.29, 0.717) is 17.8 Å². The monoisotopic (exact) mass is 340 g/mol. The summed E-state index contributed by atoms with van der Waals surface area (Å²) >= 11 is 1.90. The quantitative estimate of drug-likeness (QED) is 0.751. The molecule has 1 aliphatic carbocycles. The Kier molecular flexibility index (Phi) is 4.90. The molecule has 7 heteroatoms. The van der Waals surface area contributed by atoms with Crippen molar-refractivity contribution in [1.29, 1.82) is 0 Å². The molecule has 23 heavy (non-hydrogen) atoms. The van der Waals surface area contributed by atoms with Crippen molar-refractivity contribution >= 4 is 23.7 Å². The number of urea groups is 1. The zero-order valence-corrected chi connectivity index (χ0v) is 15.2. The van der Waals surface area contributed by atoms with Gasteiger partial charge >= 0.3 is 6.03 Å². The highest BCUT2D eigenvalue weighted by Crippen LogP contribution is 2.35. The molecule has 2 aliphatic heterocycles. The Hall–Kier alpha value is -0.790. The van der Waals surface area contributed by atoms with E-state index in [1.54, 1.807) is 0 Å². The van der Waals surface area contributed by atoms with Gasteiger partial charge in [-0.2, -0.15) is 11.8 Å². The van der Waals surface area contributed by atoms with E-state index < -0.39 is 5.54 Å². The van der Waals surface area contributed by atoms with Crippen LogP contribution >= 0.6 is 11.8 Å². The van der Waals surface area contributed by atoms with E-state index in [9.17, 15) is 9.59 Å². The van der Waals surface area contributed by atoms with Crippen molar-refractivity contribution in [1.82, 2.24) is 20.0 Å². The van der Waals surface area contributed by atoms with Gasteiger partial charge < -0.3 is 10.2 Å². The van der Waals surface area contributed by atoms with Gasteiger partial charge in [-0.15, -0.1) is 0 Å². The first-order valence-electron chi connectivity index (χ1n) is 8.52. The first-order valence-corrected chi connectivity index (χ1v) is 9.81. The lowest BCUT2D eigenvalue weighted by Crippen LogP contribution is -2.44. The lowest BCUT2D eigenvalue weighted by Gasteiger charge is -2.24. The largest absolute Gasteiger partial charge is 0.325 e. The van der Waals surface area contributed by atoms with Gasteiger partial charge in [-0.05, 0) is 33.2 Å². The summed E-state index contributed by atoms with van der Waals surface area (Å²) < 4.78 is 0. The fraction of sp³-hybridized carbons (Fsp3) is 0.875. The summed E-state index contributed by atoms with van der Waals surface area (Å²) in [5, 5.41) is 3.55. The summed E-state index contributed by atoms with van der Waals surface area (Å²) in [6.07, 6.45) is 5.83. The number of rotatable bonds is 5. The summed E-state index contributed by atoms with van der Waals surface area (Å²) in [6.45, 7) is 3.32. The molecule has 1 N–H and O–H groups in total. The van der Waals surface area contributed by atoms with E-state index in [2.05, 4.69) is 35.5 Å². The van der Waals surface area contributed by atoms with Crippen LogP contribution in [0.4, 0.5) is 4.79 Å². The van der Waals surface area contributed by atoms with Gasteiger partial charge in [-0.1, -0.05) is 12.8 Å². The summed E-state index contributed by atoms with van der Waals surface area (Å²) in [5.74, 6) is 0.00442. The molecular formula is C16H28N4O2S. The van der Waals surface area contributed by atoms with Crippen LogP contribution in [0.25, 0.3) is 0 Å². The van der Waals surface area contributed by atoms with Gasteiger partial charge in [0.25, 0.3) is 5.91 Å². The minimum Gasteiger partial charge on any atom is -0.323 e. The molecule has 0 radical (unpaired) electrons. The molecule has 1 spiro atoms. The third kappa shape index (κ3) is 3.10. The van der Waals surface area contributed by atoms with Gasteiger partial charge in [0.2, 0.25) is 0 Å². The van der Waals surface area contributed by atoms with Crippen LogP contribution in [0, 0.1) is 0 Å². The van der Waals surface area contributed by atoms with E-state index in [-0.39, 0.29) is 11.9 Å². The van der Waals surface area contributed by atoms with Gasteiger partial charge in [0.1, 0.15) is 5.54 Å². The number of thioether (sulfide) groups is 1. The predicted octanol–water partition coefficient (Wildman–Crippen LogP) is 0.828. The Morgan fingerprint density at radius 1 is 1.22 bits per heavy atom. The van der Waals surface area contributed by atoms with E-state index in [1.165, 1.54) is 4.90 Å². The fourth-order valence-electron chi connectivity index (χ4n) is 4.18. The zero-order valence-electron chi connectivity index (χ0n) is 14.4. The Bertz CT molecular complexity index is 479. The molecule has 3 fully saturated rings. The van der Waals surface area contributed by atoms with Gasteiger partial charge in [0.15, 0.2) is 0 Å². The second-order valence-corrected chi connectivity index (χ2v) is 8.32. The second-order valence-electron chi connectivity index (χ2n) is 7.24. The number of hydrogen-bond acceptors (Lipinski definition) is 5. The SMILES string of the molecule is CS[C@H]1CN(CCN2C(=O)NC3(CCCC3)C2=O)C[C@H]1N(C)C. The van der Waals surface area contributed by atoms with Crippen molar-refractivity contribution in [2.75, 3.05) is 46.5 Å². The van der Waals surface area contributed by atoms with Gasteiger partial charge in [-0.3, -0.25) is 14.6 Å². The molecule has 2 saturated heterocycles. The summed E-state index contributed by atoms with van der Waals surface area (Å²) in [4.78, 5) is 31.0. The molecule has 3 amide bonds. The molecule has 0 aromatic rings. The highest BCUT2D eigenvalue weighted by molar-refractivity contribution is 7.99. The first kappa shape index (κ1) is 17.0. The number of carbonyl (C=O) groups is 2. The number of nitrogens with one attached hydrogen (secondary N) is 1. The van der Waals surface area contributed by atoms with Crippen LogP contribution in [0.5, 0.6) is 0 Å². The number of hydrogen-bond donors (Lipinski definition) is 1. The van der Waals surface area contributed by atoms with Crippen molar-refractivity contribution in [3.8, 4) is 0 Å². The van der Waals surface area contributed by atoms with Crippen LogP contribution < -0.4 is 5.32 Å². The van der Waals surface area contributed by atoms with Gasteiger partial charge in [-0.25, -0.2) is 4.79 Å². The molecule has 2 atom stereocenters. The Morgan fingerprint density at radius 2 is 1.91 bits per heavy atom. The number of nitrogens with zero attached hydrogens (tertiary/aromatic N) is 3. The maximum absolute atomic E-state index is 12.6. The van der Waals surface area contributed by atoms with E-state index in [4.69, 9.17) is 0 Å². The fourth-order valence-corrected chi connectivity index (χ4v) is 5.18. The maximum Gasteiger partial charge on any atom is 0.325 e. The number of imide groups is 1. The zero-order chi connectivity index (χ0) is 16.6. The predicted molar refractivity (Wildman–Crippen MR) is 92.7 cm³/mol. The van der Waals surface area contributed by atoms with Crippen molar-refractivity contribution < 1.29 is 9.59 Å². The van der Waals surface area contributed by atoms with Crippen LogP contribution in [0.2, 0.25) is 0 Å². The Balaban J connectivity index is 1.57. The van der Waals surface area contributed by atoms with Crippen LogP contribution in [-0.2, 0) is 4.79 Å². The molecule has 0 unspecified atom stereocenters. The third-order valence-corrected chi connectivity index (χ3v) is 6.69. The number of carbonyl (C=O) groups excluding carboxylic acids is 2. The molecule has 0 aromatic carbocycles. The first-order chi connectivity index (χ1) is 11.0. The standard InChI is InChI=1S/C16H28N4O2S/c1-18(2)12-10-19(11-13(12)23-3)8-9-20-14(21)16(17-15(20)22)6-4-5-7-16/h12-13H,4-11H2,1-3H3,(H,17,22)/t12-,13+/m1/s1. The smallest absolute Gasteiger partial charge is 0.323 e. The highest BCUT2D eigenvalue weighted by Gasteiger charge is 2.52. The molecule has 2 heterocycles. The molecule has 3 aliphatic rings. The lowest BCUT2D eigenvalue weighted by atomic mass is 9.98. The summed E-state index contributed by atoms with van der Waals surface area (Å²) in [7, 11) is 4.25. The van der Waals surface area contributed by atoms with Crippen LogP contribution in [0.3, 0.4) is 0 Å². The summed E-state index contributed by atoms with van der Waals surface area (Å²) in [5.41, 5.74) is -0.573. The average molecular weight is 340 g/mol. The second kappa shape index (κ2) is 6.61. The average Bonchev–Trinajstić information content (AvgIpc) is 3.19. The Morgan fingerprint density at radius 3 is 2.48 bits per heavy atom. The van der Waals surface area contributed by atoms with Crippen molar-refractivity contribution in [3.05, 3.63) is 0 Å². The van der Waals surface area contributed by atoms with Crippen LogP contribution in [0.15, 0.2) is 0 Å².